The van der Waals surface area contributed by atoms with Crippen LogP contribution in [0.1, 0.15) is 6.92 Å². The summed E-state index contributed by atoms with van der Waals surface area (Å²) in [6.07, 6.45) is 0. The molecule has 1 aliphatic heterocycles. The second-order valence-electron chi connectivity index (χ2n) is 4.56. The molecule has 1 aliphatic rings. The molecular formula is C12H20N4O5. The highest BCUT2D eigenvalue weighted by atomic mass is 16.5. The number of nitrogens with zero attached hydrogens (tertiary/aromatic N) is 4. The minimum Gasteiger partial charge on any atom is -0.550 e. The number of carboxylic acids is 1. The molecule has 0 saturated carbocycles. The van der Waals surface area contributed by atoms with Gasteiger partial charge in [0.1, 0.15) is 13.1 Å². The van der Waals surface area contributed by atoms with Crippen LogP contribution >= 0.6 is 0 Å². The van der Waals surface area contributed by atoms with Crippen LogP contribution in [0.5, 0.6) is 12.0 Å². The SMILES string of the molecule is CC(=O)[O-].COc1nc(OC)nc([N+]2(C)CCOCC2)n1. The molecule has 9 nitrogen and oxygen atoms in total. The van der Waals surface area contributed by atoms with Crippen molar-refractivity contribution < 1.29 is 24.1 Å². The maximum atomic E-state index is 8.89. The van der Waals surface area contributed by atoms with Gasteiger partial charge < -0.3 is 24.1 Å². The Morgan fingerprint density at radius 3 is 1.95 bits per heavy atom. The zero-order chi connectivity index (χ0) is 15.9. The smallest absolute Gasteiger partial charge is 0.338 e. The normalized spacial score (nSPS) is 16.4. The molecule has 0 bridgehead atoms. The van der Waals surface area contributed by atoms with Crippen LogP contribution in [0.4, 0.5) is 5.95 Å². The van der Waals surface area contributed by atoms with Crippen molar-refractivity contribution in [3.05, 3.63) is 0 Å². The summed E-state index contributed by atoms with van der Waals surface area (Å²) in [5.41, 5.74) is 0. The number of methoxy groups -OCH3 is 2. The summed E-state index contributed by atoms with van der Waals surface area (Å²) in [5.74, 6) is -0.433. The summed E-state index contributed by atoms with van der Waals surface area (Å²) >= 11 is 0. The Labute approximate surface area is 123 Å². The Morgan fingerprint density at radius 2 is 1.57 bits per heavy atom. The Bertz CT molecular complexity index is 450. The van der Waals surface area contributed by atoms with Gasteiger partial charge in [0.2, 0.25) is 0 Å². The fraction of sp³-hybridized carbons (Fsp3) is 0.667. The van der Waals surface area contributed by atoms with E-state index in [9.17, 15) is 0 Å². The van der Waals surface area contributed by atoms with E-state index < -0.39 is 5.97 Å². The Kier molecular flexibility index (Phi) is 6.25. The van der Waals surface area contributed by atoms with E-state index in [0.29, 0.717) is 23.6 Å². The summed E-state index contributed by atoms with van der Waals surface area (Å²) in [4.78, 5) is 21.5. The average molecular weight is 300 g/mol. The molecule has 0 unspecified atom stereocenters. The molecule has 1 aromatic rings. The maximum absolute atomic E-state index is 8.89. The molecule has 1 aromatic heterocycles. The van der Waals surface area contributed by atoms with Crippen molar-refractivity contribution in [1.29, 1.82) is 0 Å². The zero-order valence-electron chi connectivity index (χ0n) is 12.7. The number of carbonyl (C=O) groups is 1. The highest BCUT2D eigenvalue weighted by molar-refractivity contribution is 5.60. The monoisotopic (exact) mass is 300 g/mol. The molecule has 0 aliphatic carbocycles. The molecule has 0 radical (unpaired) electrons. The Hall–Kier alpha value is -2.00. The van der Waals surface area contributed by atoms with Crippen molar-refractivity contribution in [1.82, 2.24) is 19.4 Å². The largest absolute Gasteiger partial charge is 0.550 e. The molecule has 21 heavy (non-hydrogen) atoms. The molecule has 0 aromatic carbocycles. The van der Waals surface area contributed by atoms with Crippen molar-refractivity contribution in [3.63, 3.8) is 0 Å². The van der Waals surface area contributed by atoms with Crippen LogP contribution in [0, 0.1) is 0 Å². The lowest BCUT2D eigenvalue weighted by atomic mass is 10.4. The van der Waals surface area contributed by atoms with Crippen molar-refractivity contribution in [2.24, 2.45) is 0 Å². The summed E-state index contributed by atoms with van der Waals surface area (Å²) in [6.45, 7) is 4.03. The number of likely N-dealkylation sites (N-methyl/N-ethyl adjacent to an activating group) is 1. The highest BCUT2D eigenvalue weighted by Crippen LogP contribution is 2.22. The van der Waals surface area contributed by atoms with Crippen LogP contribution in [-0.4, -0.2) is 68.5 Å². The van der Waals surface area contributed by atoms with Crippen molar-refractivity contribution in [2.75, 3.05) is 47.6 Å². The van der Waals surface area contributed by atoms with E-state index in [2.05, 4.69) is 22.0 Å². The van der Waals surface area contributed by atoms with Crippen LogP contribution in [0.25, 0.3) is 0 Å². The van der Waals surface area contributed by atoms with Crippen LogP contribution in [0.2, 0.25) is 0 Å². The third kappa shape index (κ3) is 5.12. The number of aliphatic carboxylic acids is 1. The van der Waals surface area contributed by atoms with Gasteiger partial charge in [0.25, 0.3) is 0 Å². The summed E-state index contributed by atoms with van der Waals surface area (Å²) in [6, 6.07) is 0.551. The molecule has 0 N–H and O–H groups in total. The number of ether oxygens (including phenoxy) is 3. The number of carbonyl (C=O) groups excluding carboxylic acids is 1. The fourth-order valence-corrected chi connectivity index (χ4v) is 1.70. The van der Waals surface area contributed by atoms with Gasteiger partial charge in [-0.25, -0.2) is 0 Å². The molecule has 1 saturated heterocycles. The van der Waals surface area contributed by atoms with E-state index in [1.807, 2.05) is 0 Å². The second-order valence-corrected chi connectivity index (χ2v) is 4.56. The highest BCUT2D eigenvalue weighted by Gasteiger charge is 2.32. The lowest BCUT2D eigenvalue weighted by Gasteiger charge is -2.34. The number of morpholine rings is 1. The molecular weight excluding hydrogens is 280 g/mol. The Morgan fingerprint density at radius 1 is 1.14 bits per heavy atom. The third-order valence-electron chi connectivity index (χ3n) is 2.89. The average Bonchev–Trinajstić information content (AvgIpc) is 2.47. The van der Waals surface area contributed by atoms with Crippen molar-refractivity contribution in [2.45, 2.75) is 6.92 Å². The van der Waals surface area contributed by atoms with Crippen LogP contribution < -0.4 is 19.1 Å². The Balaban J connectivity index is 0.000000491. The van der Waals surface area contributed by atoms with Gasteiger partial charge in [-0.2, -0.15) is 0 Å². The number of hydrogen-bond acceptors (Lipinski definition) is 8. The number of aromatic nitrogens is 3. The molecule has 0 amide bonds. The van der Waals surface area contributed by atoms with Gasteiger partial charge in [-0.05, 0) is 6.92 Å². The van der Waals surface area contributed by atoms with Gasteiger partial charge in [-0.15, -0.1) is 15.0 Å². The van der Waals surface area contributed by atoms with Crippen molar-refractivity contribution >= 4 is 11.9 Å². The van der Waals surface area contributed by atoms with Gasteiger partial charge in [-0.1, -0.05) is 0 Å². The maximum Gasteiger partial charge on any atom is 0.338 e. The summed E-state index contributed by atoms with van der Waals surface area (Å²) in [5, 5.41) is 8.89. The van der Waals surface area contributed by atoms with Crippen LogP contribution in [0.3, 0.4) is 0 Å². The molecule has 0 spiro atoms. The summed E-state index contributed by atoms with van der Waals surface area (Å²) in [7, 11) is 5.12. The van der Waals surface area contributed by atoms with Gasteiger partial charge in [0, 0.05) is 5.97 Å². The molecule has 118 valence electrons. The van der Waals surface area contributed by atoms with Crippen molar-refractivity contribution in [3.8, 4) is 12.0 Å². The standard InChI is InChI=1S/C10H17N4O3.C2H4O2/c1-14(4-6-17-7-5-14)8-11-9(15-2)13-10(12-8)16-3;1-2(3)4/h4-7H2,1-3H3;1H3,(H,3,4)/q+1;/p-1. The number of quaternary nitrogens is 1. The molecule has 2 rings (SSSR count). The predicted molar refractivity (Wildman–Crippen MR) is 71.9 cm³/mol. The quantitative estimate of drug-likeness (QED) is 0.628. The third-order valence-corrected chi connectivity index (χ3v) is 2.89. The minimum atomic E-state index is -1.08. The zero-order valence-corrected chi connectivity index (χ0v) is 12.7. The number of rotatable bonds is 3. The first kappa shape index (κ1) is 17.1. The molecule has 2 heterocycles. The first-order valence-electron chi connectivity index (χ1n) is 6.36. The van der Waals surface area contributed by atoms with Crippen LogP contribution in [0.15, 0.2) is 0 Å². The lowest BCUT2D eigenvalue weighted by Crippen LogP contribution is -2.54. The van der Waals surface area contributed by atoms with Gasteiger partial charge in [0.15, 0.2) is 0 Å². The van der Waals surface area contributed by atoms with Gasteiger partial charge in [-0.3, -0.25) is 4.48 Å². The van der Waals surface area contributed by atoms with E-state index in [-0.39, 0.29) is 12.0 Å². The fourth-order valence-electron chi connectivity index (χ4n) is 1.70. The van der Waals surface area contributed by atoms with Gasteiger partial charge >= 0.3 is 18.0 Å². The summed E-state index contributed by atoms with van der Waals surface area (Å²) < 4.78 is 16.1. The molecule has 9 heteroatoms. The predicted octanol–water partition coefficient (Wildman–Crippen LogP) is -1.39. The topological polar surface area (TPSA) is 106 Å². The van der Waals surface area contributed by atoms with Gasteiger partial charge in [0.05, 0.1) is 34.5 Å². The van der Waals surface area contributed by atoms with E-state index in [4.69, 9.17) is 24.1 Å². The first-order valence-corrected chi connectivity index (χ1v) is 6.36. The number of hydrogen-bond donors (Lipinski definition) is 0. The molecule has 1 fully saturated rings. The van der Waals surface area contributed by atoms with Crippen LogP contribution in [-0.2, 0) is 9.53 Å². The second kappa shape index (κ2) is 7.70. The minimum absolute atomic E-state index is 0.276. The van der Waals surface area contributed by atoms with E-state index in [1.54, 1.807) is 0 Å². The van der Waals surface area contributed by atoms with E-state index in [0.717, 1.165) is 20.0 Å². The molecule has 0 atom stereocenters. The number of carboxylic acid groups (broad SMARTS) is 1. The first-order chi connectivity index (χ1) is 9.91. The lowest BCUT2D eigenvalue weighted by molar-refractivity contribution is -0.302. The van der Waals surface area contributed by atoms with E-state index >= 15 is 0 Å². The van der Waals surface area contributed by atoms with E-state index in [1.165, 1.54) is 14.2 Å².